The minimum absolute atomic E-state index is 0.308. The summed E-state index contributed by atoms with van der Waals surface area (Å²) >= 11 is 3.29. The Balaban J connectivity index is 0.000000194. The van der Waals surface area contributed by atoms with Crippen LogP contribution in [0.1, 0.15) is 27.5 Å². The smallest absolute Gasteiger partial charge is 0.322 e. The van der Waals surface area contributed by atoms with Gasteiger partial charge in [0, 0.05) is 16.6 Å². The van der Waals surface area contributed by atoms with Gasteiger partial charge in [0.1, 0.15) is 11.8 Å². The molecule has 3 N–H and O–H groups in total. The molecule has 0 aliphatic carbocycles. The monoisotopic (exact) mass is 433 g/mol. The van der Waals surface area contributed by atoms with Crippen molar-refractivity contribution in [2.75, 3.05) is 14.2 Å². The third-order valence-electron chi connectivity index (χ3n) is 3.82. The maximum Gasteiger partial charge on any atom is 0.322 e. The third kappa shape index (κ3) is 5.63. The van der Waals surface area contributed by atoms with E-state index in [4.69, 9.17) is 4.74 Å². The second-order valence-electron chi connectivity index (χ2n) is 5.66. The number of halogens is 1. The Morgan fingerprint density at radius 3 is 2.41 bits per heavy atom. The van der Waals surface area contributed by atoms with Crippen molar-refractivity contribution in [3.8, 4) is 5.75 Å². The second kappa shape index (κ2) is 9.84. The van der Waals surface area contributed by atoms with Gasteiger partial charge in [0.15, 0.2) is 6.29 Å². The van der Waals surface area contributed by atoms with Gasteiger partial charge in [-0.15, -0.1) is 0 Å². The molecular weight excluding hydrogens is 414 g/mol. The van der Waals surface area contributed by atoms with Crippen LogP contribution in [0.4, 0.5) is 4.79 Å². The van der Waals surface area contributed by atoms with Crippen molar-refractivity contribution in [1.29, 1.82) is 0 Å². The fourth-order valence-corrected chi connectivity index (χ4v) is 2.73. The fourth-order valence-electron chi connectivity index (χ4n) is 2.47. The summed E-state index contributed by atoms with van der Waals surface area (Å²) in [4.78, 5) is 32.8. The van der Waals surface area contributed by atoms with Crippen molar-refractivity contribution in [1.82, 2.24) is 16.0 Å². The van der Waals surface area contributed by atoms with Crippen LogP contribution < -0.4 is 20.7 Å². The number of benzene rings is 2. The van der Waals surface area contributed by atoms with E-state index >= 15 is 0 Å². The van der Waals surface area contributed by atoms with Gasteiger partial charge in [-0.05, 0) is 42.4 Å². The van der Waals surface area contributed by atoms with Crippen molar-refractivity contribution < 1.29 is 19.1 Å². The van der Waals surface area contributed by atoms with Crippen LogP contribution in [0.15, 0.2) is 46.9 Å². The van der Waals surface area contributed by atoms with Crippen molar-refractivity contribution in [3.63, 3.8) is 0 Å². The number of ether oxygens (including phenoxy) is 1. The number of nitrogens with one attached hydrogen (secondary N) is 3. The average molecular weight is 434 g/mol. The molecule has 2 aromatic carbocycles. The first-order chi connectivity index (χ1) is 13.0. The van der Waals surface area contributed by atoms with Crippen LogP contribution in [-0.2, 0) is 11.3 Å². The number of hydrogen-bond acceptors (Lipinski definition) is 5. The van der Waals surface area contributed by atoms with Crippen LogP contribution in [0, 0.1) is 0 Å². The summed E-state index contributed by atoms with van der Waals surface area (Å²) in [6.07, 6.45) is 0.842. The lowest BCUT2D eigenvalue weighted by atomic mass is 10.1. The van der Waals surface area contributed by atoms with Gasteiger partial charge in [0.05, 0.1) is 7.11 Å². The summed E-state index contributed by atoms with van der Waals surface area (Å²) in [7, 11) is 3.43. The molecular formula is C19H20BrN3O4. The lowest BCUT2D eigenvalue weighted by Gasteiger charge is -2.06. The van der Waals surface area contributed by atoms with E-state index in [-0.39, 0.29) is 5.91 Å². The number of rotatable bonds is 5. The first-order valence-electron chi connectivity index (χ1n) is 8.12. The summed E-state index contributed by atoms with van der Waals surface area (Å²) in [5.74, 6) is 0.402. The minimum Gasteiger partial charge on any atom is -0.497 e. The van der Waals surface area contributed by atoms with E-state index < -0.39 is 12.1 Å². The fraction of sp³-hybridized carbons (Fsp3) is 0.211. The molecule has 0 radical (unpaired) electrons. The average Bonchev–Trinajstić information content (AvgIpc) is 3.01. The molecule has 1 heterocycles. The SMILES string of the molecule is CNCc1ccc(OC)cc1C=O.O=C1NC(=O)[C@H](c2ccc(Br)cc2)N1. The molecule has 0 bridgehead atoms. The molecule has 0 spiro atoms. The maximum atomic E-state index is 11.3. The third-order valence-corrected chi connectivity index (χ3v) is 4.35. The molecule has 1 saturated heterocycles. The largest absolute Gasteiger partial charge is 0.497 e. The van der Waals surface area contributed by atoms with Gasteiger partial charge in [-0.1, -0.05) is 34.1 Å². The van der Waals surface area contributed by atoms with Crippen molar-refractivity contribution in [3.05, 3.63) is 63.6 Å². The summed E-state index contributed by atoms with van der Waals surface area (Å²) < 4.78 is 5.95. The molecule has 27 heavy (non-hydrogen) atoms. The molecule has 1 aliphatic rings. The molecule has 8 heteroatoms. The number of amides is 3. The van der Waals surface area contributed by atoms with Gasteiger partial charge < -0.3 is 15.4 Å². The van der Waals surface area contributed by atoms with Gasteiger partial charge >= 0.3 is 6.03 Å². The normalized spacial score (nSPS) is 15.3. The number of imide groups is 1. The summed E-state index contributed by atoms with van der Waals surface area (Å²) in [6.45, 7) is 0.693. The molecule has 0 saturated carbocycles. The highest BCUT2D eigenvalue weighted by Gasteiger charge is 2.30. The predicted octanol–water partition coefficient (Wildman–Crippen LogP) is 2.56. The molecule has 0 aromatic heterocycles. The summed E-state index contributed by atoms with van der Waals surface area (Å²) in [5.41, 5.74) is 2.43. The van der Waals surface area contributed by atoms with E-state index in [9.17, 15) is 14.4 Å². The van der Waals surface area contributed by atoms with E-state index in [0.29, 0.717) is 17.9 Å². The highest BCUT2D eigenvalue weighted by atomic mass is 79.9. The van der Waals surface area contributed by atoms with Crippen molar-refractivity contribution in [2.45, 2.75) is 12.6 Å². The Labute approximate surface area is 165 Å². The molecule has 7 nitrogen and oxygen atoms in total. The standard InChI is InChI=1S/C10H13NO2.C9H7BrN2O2/c1-11-6-8-3-4-10(13-2)5-9(8)7-12;10-6-3-1-5(2-4-6)7-8(13)12-9(14)11-7/h3-5,7,11H,6H2,1-2H3;1-4,7H,(H2,11,12,13,14)/t;7-/m.0/s1. The Kier molecular flexibility index (Phi) is 7.51. The minimum atomic E-state index is -0.560. The van der Waals surface area contributed by atoms with Crippen molar-refractivity contribution in [2.24, 2.45) is 0 Å². The lowest BCUT2D eigenvalue weighted by Crippen LogP contribution is -2.22. The topological polar surface area (TPSA) is 96.5 Å². The number of methoxy groups -OCH3 is 1. The van der Waals surface area contributed by atoms with Gasteiger partial charge in [-0.2, -0.15) is 0 Å². The first-order valence-corrected chi connectivity index (χ1v) is 8.91. The number of carbonyl (C=O) groups is 3. The highest BCUT2D eigenvalue weighted by Crippen LogP contribution is 2.19. The predicted molar refractivity (Wildman–Crippen MR) is 105 cm³/mol. The van der Waals surface area contributed by atoms with Crippen LogP contribution in [0.3, 0.4) is 0 Å². The van der Waals surface area contributed by atoms with Crippen LogP contribution >= 0.6 is 15.9 Å². The molecule has 1 aliphatic heterocycles. The van der Waals surface area contributed by atoms with Gasteiger partial charge in [0.25, 0.3) is 5.91 Å². The molecule has 3 amide bonds. The Morgan fingerprint density at radius 2 is 1.89 bits per heavy atom. The zero-order valence-corrected chi connectivity index (χ0v) is 16.5. The maximum absolute atomic E-state index is 11.3. The Morgan fingerprint density at radius 1 is 1.19 bits per heavy atom. The van der Waals surface area contributed by atoms with Crippen LogP contribution in [0.5, 0.6) is 5.75 Å². The van der Waals surface area contributed by atoms with Crippen molar-refractivity contribution >= 4 is 34.2 Å². The molecule has 1 fully saturated rings. The van der Waals surface area contributed by atoms with E-state index in [1.165, 1.54) is 0 Å². The quantitative estimate of drug-likeness (QED) is 0.497. The van der Waals surface area contributed by atoms with Crippen LogP contribution in [0.25, 0.3) is 0 Å². The molecule has 2 aromatic rings. The molecule has 1 atom stereocenters. The Bertz CT molecular complexity index is 824. The van der Waals surface area contributed by atoms with Gasteiger partial charge in [-0.25, -0.2) is 4.79 Å². The van der Waals surface area contributed by atoms with Gasteiger partial charge in [-0.3, -0.25) is 14.9 Å². The second-order valence-corrected chi connectivity index (χ2v) is 6.58. The summed E-state index contributed by atoms with van der Waals surface area (Å²) in [6, 6.07) is 11.7. The highest BCUT2D eigenvalue weighted by molar-refractivity contribution is 9.10. The summed E-state index contributed by atoms with van der Waals surface area (Å²) in [5, 5.41) is 7.70. The number of aldehydes is 1. The van der Waals surface area contributed by atoms with E-state index in [1.807, 2.05) is 31.3 Å². The molecule has 3 rings (SSSR count). The zero-order valence-electron chi connectivity index (χ0n) is 14.9. The lowest BCUT2D eigenvalue weighted by molar-refractivity contribution is -0.120. The Hall–Kier alpha value is -2.71. The number of hydrogen-bond donors (Lipinski definition) is 3. The van der Waals surface area contributed by atoms with Gasteiger partial charge in [0.2, 0.25) is 0 Å². The van der Waals surface area contributed by atoms with E-state index in [0.717, 1.165) is 21.9 Å². The molecule has 0 unspecified atom stereocenters. The number of carbonyl (C=O) groups excluding carboxylic acids is 3. The first kappa shape index (κ1) is 20.6. The van der Waals surface area contributed by atoms with Crippen LogP contribution in [-0.4, -0.2) is 32.4 Å². The molecule has 142 valence electrons. The number of urea groups is 1. The zero-order chi connectivity index (χ0) is 19.8. The van der Waals surface area contributed by atoms with Crippen LogP contribution in [0.2, 0.25) is 0 Å². The van der Waals surface area contributed by atoms with E-state index in [2.05, 4.69) is 31.9 Å². The van der Waals surface area contributed by atoms with E-state index in [1.54, 1.807) is 25.3 Å².